The summed E-state index contributed by atoms with van der Waals surface area (Å²) >= 11 is -4.39. The molecule has 0 rings (SSSR count). The van der Waals surface area contributed by atoms with Crippen molar-refractivity contribution >= 4 is 38.6 Å². The minimum Gasteiger partial charge on any atom is -0.360 e. The molecular formula is C6H18AlO15P3. The first kappa shape index (κ1) is 25.7. The van der Waals surface area contributed by atoms with Crippen LogP contribution in [0.2, 0.25) is 0 Å². The molecule has 0 fully saturated rings. The van der Waals surface area contributed by atoms with Crippen molar-refractivity contribution in [3.05, 3.63) is 0 Å². The predicted octanol–water partition coefficient (Wildman–Crippen LogP) is 1.23. The molecular weight excluding hydrogens is 432 g/mol. The normalized spacial score (nSPS) is 19.0. The molecule has 0 saturated carbocycles. The molecule has 0 aliphatic rings. The molecule has 19 heteroatoms. The monoisotopic (exact) mass is 450 g/mol. The fourth-order valence-corrected chi connectivity index (χ4v) is 6.04. The molecule has 25 heavy (non-hydrogen) atoms. The smallest absolute Gasteiger partial charge is 0.360 e. The Balaban J connectivity index is 5.13. The van der Waals surface area contributed by atoms with Gasteiger partial charge in [-0.25, -0.2) is 28.4 Å². The lowest BCUT2D eigenvalue weighted by molar-refractivity contribution is -0.222. The van der Waals surface area contributed by atoms with E-state index in [-0.39, 0.29) is 19.8 Å². The van der Waals surface area contributed by atoms with E-state index in [0.29, 0.717) is 0 Å². The largest absolute Gasteiger partial charge is 0.931 e. The molecule has 0 radical (unpaired) electrons. The van der Waals surface area contributed by atoms with Gasteiger partial charge in [-0.1, -0.05) is 0 Å². The average Bonchev–Trinajstić information content (AvgIpc) is 2.47. The third kappa shape index (κ3) is 13.5. The van der Waals surface area contributed by atoms with Crippen LogP contribution < -0.4 is 0 Å². The minimum absolute atomic E-state index is 0.167. The van der Waals surface area contributed by atoms with Crippen molar-refractivity contribution in [3.8, 4) is 0 Å². The van der Waals surface area contributed by atoms with E-state index in [1.54, 1.807) is 0 Å². The minimum atomic E-state index is -5.06. The van der Waals surface area contributed by atoms with Crippen molar-refractivity contribution in [2.45, 2.75) is 20.8 Å². The molecule has 0 aromatic carbocycles. The summed E-state index contributed by atoms with van der Waals surface area (Å²) in [5.41, 5.74) is 0. The zero-order chi connectivity index (χ0) is 19.6. The summed E-state index contributed by atoms with van der Waals surface area (Å²) in [5, 5.41) is 0. The Hall–Kier alpha value is 0.742. The molecule has 0 saturated heterocycles. The SMILES string of the molecule is CCOOP(=O)(O)[O][Al]([O]P(=O)(O)OOCC)[O]P(=O)(O)OOCC. The molecule has 0 spiro atoms. The van der Waals surface area contributed by atoms with Crippen molar-refractivity contribution in [1.82, 2.24) is 0 Å². The third-order valence-corrected chi connectivity index (χ3v) is 7.60. The van der Waals surface area contributed by atoms with E-state index in [1.807, 2.05) is 0 Å². The van der Waals surface area contributed by atoms with Crippen LogP contribution in [0.5, 0.6) is 0 Å². The highest BCUT2D eigenvalue weighted by Gasteiger charge is 2.52. The fourth-order valence-electron chi connectivity index (χ4n) is 0.795. The Bertz CT molecular complexity index is 442. The molecule has 0 aliphatic heterocycles. The Morgan fingerprint density at radius 3 is 1.08 bits per heavy atom. The van der Waals surface area contributed by atoms with Crippen LogP contribution in [0.25, 0.3) is 0 Å². The van der Waals surface area contributed by atoms with Crippen molar-refractivity contribution in [2.24, 2.45) is 0 Å². The predicted molar refractivity (Wildman–Crippen MR) is 76.6 cm³/mol. The quantitative estimate of drug-likeness (QED) is 0.139. The van der Waals surface area contributed by atoms with Crippen LogP contribution in [0.4, 0.5) is 0 Å². The van der Waals surface area contributed by atoms with Gasteiger partial charge in [0.05, 0.1) is 19.8 Å². The Kier molecular flexibility index (Phi) is 12.6. The lowest BCUT2D eigenvalue weighted by Crippen LogP contribution is -2.25. The highest BCUT2D eigenvalue weighted by molar-refractivity contribution is 7.52. The lowest BCUT2D eigenvalue weighted by Gasteiger charge is -2.19. The van der Waals surface area contributed by atoms with Gasteiger partial charge < -0.3 is 25.4 Å². The zero-order valence-electron chi connectivity index (χ0n) is 13.3. The van der Waals surface area contributed by atoms with Crippen molar-refractivity contribution in [2.75, 3.05) is 19.8 Å². The summed E-state index contributed by atoms with van der Waals surface area (Å²) in [6, 6.07) is 0. The molecule has 150 valence electrons. The maximum atomic E-state index is 11.6. The molecule has 3 N–H and O–H groups in total. The third-order valence-electron chi connectivity index (χ3n) is 1.45. The van der Waals surface area contributed by atoms with Crippen molar-refractivity contribution in [3.63, 3.8) is 0 Å². The highest BCUT2D eigenvalue weighted by Crippen LogP contribution is 2.53. The number of phosphoric acid groups is 3. The van der Waals surface area contributed by atoms with Crippen molar-refractivity contribution < 1.29 is 67.8 Å². The number of hydrogen-bond donors (Lipinski definition) is 3. The average molecular weight is 450 g/mol. The first-order valence-corrected chi connectivity index (χ1v) is 12.3. The summed E-state index contributed by atoms with van der Waals surface area (Å²) in [4.78, 5) is 40.6. The second-order valence-electron chi connectivity index (χ2n) is 3.45. The van der Waals surface area contributed by atoms with E-state index in [1.165, 1.54) is 20.8 Å². The number of hydrogen-bond acceptors (Lipinski definition) is 12. The fraction of sp³-hybridized carbons (Fsp3) is 1.00. The van der Waals surface area contributed by atoms with Gasteiger partial charge in [0.2, 0.25) is 0 Å². The van der Waals surface area contributed by atoms with Crippen LogP contribution in [0.1, 0.15) is 20.8 Å². The lowest BCUT2D eigenvalue weighted by atomic mass is 10.9. The Morgan fingerprint density at radius 2 is 0.880 bits per heavy atom. The van der Waals surface area contributed by atoms with E-state index in [4.69, 9.17) is 0 Å². The zero-order valence-corrected chi connectivity index (χ0v) is 17.1. The summed E-state index contributed by atoms with van der Waals surface area (Å²) in [6.07, 6.45) is 0. The van der Waals surface area contributed by atoms with Crippen LogP contribution in [0, 0.1) is 0 Å². The van der Waals surface area contributed by atoms with Crippen LogP contribution >= 0.6 is 23.5 Å². The van der Waals surface area contributed by atoms with E-state index >= 15 is 0 Å². The van der Waals surface area contributed by atoms with Gasteiger partial charge in [0.1, 0.15) is 0 Å². The maximum Gasteiger partial charge on any atom is 0.931 e. The number of rotatable bonds is 15. The maximum absolute atomic E-state index is 11.6. The molecule has 0 aliphatic carbocycles. The van der Waals surface area contributed by atoms with Gasteiger partial charge in [-0.15, -0.1) is 14.0 Å². The summed E-state index contributed by atoms with van der Waals surface area (Å²) in [5.74, 6) is 0. The topological polar surface area (TPSA) is 195 Å². The molecule has 3 atom stereocenters. The van der Waals surface area contributed by atoms with Crippen LogP contribution in [0.15, 0.2) is 0 Å². The Morgan fingerprint density at radius 1 is 0.640 bits per heavy atom. The Labute approximate surface area is 147 Å². The van der Waals surface area contributed by atoms with Gasteiger partial charge in [0.25, 0.3) is 0 Å². The van der Waals surface area contributed by atoms with Crippen LogP contribution in [-0.4, -0.2) is 49.7 Å². The van der Waals surface area contributed by atoms with E-state index < -0.39 is 38.6 Å². The molecule has 0 bridgehead atoms. The van der Waals surface area contributed by atoms with Gasteiger partial charge in [0, 0.05) is 0 Å². The first-order valence-electron chi connectivity index (χ1n) is 6.44. The second-order valence-corrected chi connectivity index (χ2v) is 9.82. The van der Waals surface area contributed by atoms with Gasteiger partial charge in [-0.05, 0) is 20.8 Å². The molecule has 0 aromatic rings. The van der Waals surface area contributed by atoms with Gasteiger partial charge in [-0.3, -0.25) is 0 Å². The van der Waals surface area contributed by atoms with E-state index in [0.717, 1.165) is 0 Å². The molecule has 15 nitrogen and oxygen atoms in total. The summed E-state index contributed by atoms with van der Waals surface area (Å²) in [6.45, 7) is 3.70. The first-order chi connectivity index (χ1) is 11.5. The van der Waals surface area contributed by atoms with E-state index in [9.17, 15) is 28.4 Å². The van der Waals surface area contributed by atoms with Crippen LogP contribution in [0.3, 0.4) is 0 Å². The molecule has 0 amide bonds. The van der Waals surface area contributed by atoms with Gasteiger partial charge >= 0.3 is 38.6 Å². The van der Waals surface area contributed by atoms with E-state index in [2.05, 4.69) is 39.4 Å². The molecule has 3 unspecified atom stereocenters. The second kappa shape index (κ2) is 12.3. The molecule has 0 heterocycles. The van der Waals surface area contributed by atoms with Crippen LogP contribution in [-0.2, 0) is 53.1 Å². The van der Waals surface area contributed by atoms with Crippen molar-refractivity contribution in [1.29, 1.82) is 0 Å². The van der Waals surface area contributed by atoms with Gasteiger partial charge in [-0.2, -0.15) is 0 Å². The molecule has 0 aromatic heterocycles. The summed E-state index contributed by atoms with van der Waals surface area (Å²) < 4.78 is 59.5. The van der Waals surface area contributed by atoms with Gasteiger partial charge in [0.15, 0.2) is 0 Å². The summed E-state index contributed by atoms with van der Waals surface area (Å²) in [7, 11) is -15.2. The highest BCUT2D eigenvalue weighted by atomic mass is 31.2. The standard InChI is InChI=1S/3C2H7O5P.Al/c3*1-2-6-7-8(3,4)5;/h3*2H2,1H3,(H2,3,4,5);/q;;;+3/p-3.